The molecule has 0 aliphatic rings. The van der Waals surface area contributed by atoms with Crippen LogP contribution < -0.4 is 10.8 Å². The van der Waals surface area contributed by atoms with E-state index >= 15 is 0 Å². The van der Waals surface area contributed by atoms with Crippen LogP contribution >= 0.6 is 0 Å². The number of hydroxylamine groups is 1. The molecule has 11 heavy (non-hydrogen) atoms. The summed E-state index contributed by atoms with van der Waals surface area (Å²) < 4.78 is 0. The van der Waals surface area contributed by atoms with E-state index < -0.39 is 0 Å². The number of rotatable bonds is 5. The fourth-order valence-electron chi connectivity index (χ4n) is 0.419. The highest BCUT2D eigenvalue weighted by Crippen LogP contribution is 1.65. The van der Waals surface area contributed by atoms with E-state index in [9.17, 15) is 4.79 Å². The maximum Gasteiger partial charge on any atom is 0.237 e. The van der Waals surface area contributed by atoms with Gasteiger partial charge in [-0.15, -0.1) is 0 Å². The quantitative estimate of drug-likeness (QED) is 0.310. The van der Waals surface area contributed by atoms with Gasteiger partial charge in [-0.1, -0.05) is 0 Å². The molecular weight excluding hydrogens is 146 g/mol. The summed E-state index contributed by atoms with van der Waals surface area (Å²) in [6, 6.07) is 1.79. The first kappa shape index (κ1) is 9.88. The first-order valence-corrected chi connectivity index (χ1v) is 3.29. The first-order chi connectivity index (χ1) is 5.31. The zero-order valence-electron chi connectivity index (χ0n) is 6.39. The summed E-state index contributed by atoms with van der Waals surface area (Å²) in [4.78, 5) is 15.4. The van der Waals surface area contributed by atoms with Gasteiger partial charge in [-0.3, -0.25) is 4.79 Å². The molecule has 0 rings (SSSR count). The second-order valence-corrected chi connectivity index (χ2v) is 1.69. The minimum atomic E-state index is -0.250. The van der Waals surface area contributed by atoms with Crippen molar-refractivity contribution in [3.63, 3.8) is 0 Å². The minimum absolute atomic E-state index is 0.0344. The van der Waals surface area contributed by atoms with Crippen molar-refractivity contribution in [2.75, 3.05) is 19.7 Å². The molecule has 0 radical (unpaired) electrons. The smallest absolute Gasteiger partial charge is 0.237 e. The molecule has 5 nitrogen and oxygen atoms in total. The van der Waals surface area contributed by atoms with E-state index in [4.69, 9.17) is 10.1 Å². The van der Waals surface area contributed by atoms with E-state index in [1.807, 2.05) is 0 Å². The van der Waals surface area contributed by atoms with E-state index in [-0.39, 0.29) is 19.0 Å². The molecule has 0 unspecified atom stereocenters. The molecule has 0 heterocycles. The average Bonchev–Trinajstić information content (AvgIpc) is 2.01. The van der Waals surface area contributed by atoms with Crippen LogP contribution in [0.3, 0.4) is 0 Å². The third kappa shape index (κ3) is 6.77. The lowest BCUT2D eigenvalue weighted by Crippen LogP contribution is -2.33. The van der Waals surface area contributed by atoms with E-state index in [2.05, 4.69) is 10.8 Å². The number of amides is 1. The fourth-order valence-corrected chi connectivity index (χ4v) is 0.419. The highest BCUT2D eigenvalue weighted by atomic mass is 16.6. The number of hydrogen-bond donors (Lipinski definition) is 2. The topological polar surface area (TPSA) is 74.2 Å². The van der Waals surface area contributed by atoms with Crippen LogP contribution in [0.1, 0.15) is 6.92 Å². The van der Waals surface area contributed by atoms with Gasteiger partial charge in [-0.25, -0.2) is 0 Å². The van der Waals surface area contributed by atoms with Crippen molar-refractivity contribution >= 4 is 5.91 Å². The molecular formula is C6H11N3O2. The molecule has 0 bridgehead atoms. The van der Waals surface area contributed by atoms with Crippen LogP contribution in [-0.2, 0) is 9.63 Å². The van der Waals surface area contributed by atoms with Gasteiger partial charge in [0.25, 0.3) is 0 Å². The Morgan fingerprint density at radius 2 is 2.45 bits per heavy atom. The molecule has 0 aromatic rings. The van der Waals surface area contributed by atoms with Crippen LogP contribution in [0.2, 0.25) is 0 Å². The maximum atomic E-state index is 10.7. The molecule has 0 spiro atoms. The van der Waals surface area contributed by atoms with Gasteiger partial charge in [-0.05, 0) is 6.92 Å². The van der Waals surface area contributed by atoms with Gasteiger partial charge in [-0.2, -0.15) is 10.7 Å². The molecule has 0 aromatic heterocycles. The van der Waals surface area contributed by atoms with Crippen LogP contribution in [0.15, 0.2) is 0 Å². The number of nitrogens with zero attached hydrogens (tertiary/aromatic N) is 1. The van der Waals surface area contributed by atoms with Gasteiger partial charge in [0, 0.05) is 0 Å². The highest BCUT2D eigenvalue weighted by Gasteiger charge is 1.96. The Bertz CT molecular complexity index is 152. The van der Waals surface area contributed by atoms with Crippen LogP contribution in [0.4, 0.5) is 0 Å². The van der Waals surface area contributed by atoms with Crippen molar-refractivity contribution in [2.24, 2.45) is 0 Å². The summed E-state index contributed by atoms with van der Waals surface area (Å²) in [7, 11) is 0. The Morgan fingerprint density at radius 1 is 1.73 bits per heavy atom. The lowest BCUT2D eigenvalue weighted by molar-refractivity contribution is -0.122. The molecule has 0 aliphatic heterocycles. The lowest BCUT2D eigenvalue weighted by atomic mass is 10.6. The van der Waals surface area contributed by atoms with Crippen molar-refractivity contribution in [1.29, 1.82) is 5.26 Å². The molecule has 2 N–H and O–H groups in total. The Hall–Kier alpha value is -1.12. The monoisotopic (exact) mass is 157 g/mol. The van der Waals surface area contributed by atoms with Crippen molar-refractivity contribution in [2.45, 2.75) is 6.92 Å². The second-order valence-electron chi connectivity index (χ2n) is 1.69. The molecule has 5 heteroatoms. The number of nitriles is 1. The maximum absolute atomic E-state index is 10.7. The summed E-state index contributed by atoms with van der Waals surface area (Å²) in [6.45, 7) is 2.42. The van der Waals surface area contributed by atoms with Crippen LogP contribution in [-0.4, -0.2) is 25.6 Å². The third-order valence-corrected chi connectivity index (χ3v) is 0.844. The number of carbonyl (C=O) groups is 1. The summed E-state index contributed by atoms with van der Waals surface area (Å²) >= 11 is 0. The second kappa shape index (κ2) is 6.99. The third-order valence-electron chi connectivity index (χ3n) is 0.844. The van der Waals surface area contributed by atoms with Gasteiger partial charge in [0.2, 0.25) is 5.91 Å². The van der Waals surface area contributed by atoms with Gasteiger partial charge in [0.1, 0.15) is 6.54 Å². The van der Waals surface area contributed by atoms with Crippen LogP contribution in [0.5, 0.6) is 0 Å². The van der Waals surface area contributed by atoms with E-state index in [0.717, 1.165) is 0 Å². The number of nitrogens with one attached hydrogen (secondary N) is 2. The van der Waals surface area contributed by atoms with Crippen molar-refractivity contribution in [1.82, 2.24) is 10.8 Å². The van der Waals surface area contributed by atoms with Gasteiger partial charge in [0.05, 0.1) is 19.2 Å². The Balaban J connectivity index is 3.17. The zero-order valence-corrected chi connectivity index (χ0v) is 6.39. The summed E-state index contributed by atoms with van der Waals surface area (Å²) in [5, 5.41) is 10.4. The molecule has 62 valence electrons. The predicted octanol–water partition coefficient (Wildman–Crippen LogP) is -0.833. The Morgan fingerprint density at radius 3 is 3.00 bits per heavy atom. The molecule has 0 aliphatic carbocycles. The molecule has 1 amide bonds. The largest absolute Gasteiger partial charge is 0.342 e. The molecule has 0 saturated heterocycles. The summed E-state index contributed by atoms with van der Waals surface area (Å²) in [5.41, 5.74) is 2.42. The Labute approximate surface area is 65.3 Å². The SMILES string of the molecule is CCONCC(=O)NCC#N. The summed E-state index contributed by atoms with van der Waals surface area (Å²) in [6.07, 6.45) is 0. The summed E-state index contributed by atoms with van der Waals surface area (Å²) in [5.74, 6) is -0.250. The van der Waals surface area contributed by atoms with E-state index in [1.165, 1.54) is 0 Å². The van der Waals surface area contributed by atoms with E-state index in [0.29, 0.717) is 6.61 Å². The predicted molar refractivity (Wildman–Crippen MR) is 38.3 cm³/mol. The number of carbonyl (C=O) groups excluding carboxylic acids is 1. The normalized spacial score (nSPS) is 8.73. The average molecular weight is 157 g/mol. The Kier molecular flexibility index (Phi) is 6.28. The molecule has 0 fully saturated rings. The van der Waals surface area contributed by atoms with Crippen molar-refractivity contribution < 1.29 is 9.63 Å². The zero-order chi connectivity index (χ0) is 8.53. The molecule has 0 saturated carbocycles. The van der Waals surface area contributed by atoms with Crippen molar-refractivity contribution in [3.05, 3.63) is 0 Å². The van der Waals surface area contributed by atoms with Crippen molar-refractivity contribution in [3.8, 4) is 6.07 Å². The number of hydrogen-bond acceptors (Lipinski definition) is 4. The molecule has 0 aromatic carbocycles. The van der Waals surface area contributed by atoms with Crippen LogP contribution in [0.25, 0.3) is 0 Å². The highest BCUT2D eigenvalue weighted by molar-refractivity contribution is 5.77. The lowest BCUT2D eigenvalue weighted by Gasteiger charge is -2.01. The minimum Gasteiger partial charge on any atom is -0.342 e. The van der Waals surface area contributed by atoms with Gasteiger partial charge >= 0.3 is 0 Å². The van der Waals surface area contributed by atoms with Crippen LogP contribution in [0, 0.1) is 11.3 Å². The first-order valence-electron chi connectivity index (χ1n) is 3.29. The fraction of sp³-hybridized carbons (Fsp3) is 0.667. The van der Waals surface area contributed by atoms with E-state index in [1.54, 1.807) is 13.0 Å². The standard InChI is InChI=1S/C6H11N3O2/c1-2-11-9-5-6(10)8-4-3-7/h9H,2,4-5H2,1H3,(H,8,10). The van der Waals surface area contributed by atoms with Gasteiger partial charge < -0.3 is 10.2 Å². The molecule has 0 atom stereocenters. The van der Waals surface area contributed by atoms with Gasteiger partial charge in [0.15, 0.2) is 0 Å².